The van der Waals surface area contributed by atoms with Gasteiger partial charge in [-0.05, 0) is 38.3 Å². The first-order valence-corrected chi connectivity index (χ1v) is 6.69. The zero-order chi connectivity index (χ0) is 13.3. The van der Waals surface area contributed by atoms with Crippen molar-refractivity contribution in [2.45, 2.75) is 39.2 Å². The van der Waals surface area contributed by atoms with Gasteiger partial charge in [0.2, 0.25) is 0 Å². The van der Waals surface area contributed by atoms with E-state index in [0.29, 0.717) is 24.0 Å². The highest BCUT2D eigenvalue weighted by molar-refractivity contribution is 6.32. The number of hydrogen-bond donors (Lipinski definition) is 1. The molecule has 0 fully saturated rings. The van der Waals surface area contributed by atoms with E-state index in [1.165, 1.54) is 0 Å². The normalized spacial score (nSPS) is 14.7. The van der Waals surface area contributed by atoms with Crippen LogP contribution in [0.3, 0.4) is 0 Å². The van der Waals surface area contributed by atoms with E-state index in [0.717, 1.165) is 29.7 Å². The standard InChI is InChI=1S/C14H20ClNO2/c1-4-10-9(8-14(2,3)16)7-11(15)13-12(10)17-5-6-18-13/h7H,4-6,8,16H2,1-3H3. The Kier molecular flexibility index (Phi) is 3.74. The SMILES string of the molecule is CCc1c(CC(C)(C)N)cc(Cl)c2c1OCCO2. The van der Waals surface area contributed by atoms with Crippen LogP contribution in [0.2, 0.25) is 5.02 Å². The summed E-state index contributed by atoms with van der Waals surface area (Å²) >= 11 is 6.26. The Bertz CT molecular complexity index is 452. The van der Waals surface area contributed by atoms with Crippen LogP contribution in [0.1, 0.15) is 31.9 Å². The molecule has 2 N–H and O–H groups in total. The highest BCUT2D eigenvalue weighted by Crippen LogP contribution is 2.42. The van der Waals surface area contributed by atoms with Crippen LogP contribution in [-0.2, 0) is 12.8 Å². The molecule has 0 saturated heterocycles. The highest BCUT2D eigenvalue weighted by atomic mass is 35.5. The van der Waals surface area contributed by atoms with E-state index in [2.05, 4.69) is 6.92 Å². The van der Waals surface area contributed by atoms with Gasteiger partial charge in [0.25, 0.3) is 0 Å². The van der Waals surface area contributed by atoms with Gasteiger partial charge in [-0.25, -0.2) is 0 Å². The second-order valence-electron chi connectivity index (χ2n) is 5.37. The van der Waals surface area contributed by atoms with E-state index in [-0.39, 0.29) is 5.54 Å². The molecule has 0 bridgehead atoms. The van der Waals surface area contributed by atoms with Crippen molar-refractivity contribution < 1.29 is 9.47 Å². The minimum atomic E-state index is -0.267. The molecule has 0 unspecified atom stereocenters. The summed E-state index contributed by atoms with van der Waals surface area (Å²) in [5.74, 6) is 1.48. The summed E-state index contributed by atoms with van der Waals surface area (Å²) in [5.41, 5.74) is 8.15. The number of fused-ring (bicyclic) bond motifs is 1. The fraction of sp³-hybridized carbons (Fsp3) is 0.571. The first-order chi connectivity index (χ1) is 8.42. The van der Waals surface area contributed by atoms with E-state index in [1.54, 1.807) is 0 Å². The summed E-state index contributed by atoms with van der Waals surface area (Å²) in [4.78, 5) is 0. The third-order valence-corrected chi connectivity index (χ3v) is 3.24. The number of nitrogens with two attached hydrogens (primary N) is 1. The molecule has 0 saturated carbocycles. The molecule has 1 aliphatic rings. The lowest BCUT2D eigenvalue weighted by atomic mass is 9.91. The summed E-state index contributed by atoms with van der Waals surface area (Å²) in [7, 11) is 0. The van der Waals surface area contributed by atoms with Gasteiger partial charge >= 0.3 is 0 Å². The maximum atomic E-state index is 6.26. The van der Waals surface area contributed by atoms with E-state index in [4.69, 9.17) is 26.8 Å². The van der Waals surface area contributed by atoms with Crippen molar-refractivity contribution in [3.05, 3.63) is 22.2 Å². The van der Waals surface area contributed by atoms with Crippen molar-refractivity contribution in [2.24, 2.45) is 5.73 Å². The van der Waals surface area contributed by atoms with E-state index in [1.807, 2.05) is 19.9 Å². The molecule has 0 aromatic heterocycles. The Morgan fingerprint density at radius 1 is 1.28 bits per heavy atom. The molecule has 0 aliphatic carbocycles. The first kappa shape index (κ1) is 13.5. The van der Waals surface area contributed by atoms with Crippen LogP contribution < -0.4 is 15.2 Å². The monoisotopic (exact) mass is 269 g/mol. The maximum Gasteiger partial charge on any atom is 0.180 e. The van der Waals surface area contributed by atoms with Crippen molar-refractivity contribution >= 4 is 11.6 Å². The Morgan fingerprint density at radius 3 is 2.44 bits per heavy atom. The molecule has 2 rings (SSSR count). The molecule has 100 valence electrons. The second-order valence-corrected chi connectivity index (χ2v) is 5.78. The minimum absolute atomic E-state index is 0.267. The molecule has 3 nitrogen and oxygen atoms in total. The van der Waals surface area contributed by atoms with Crippen molar-refractivity contribution in [3.63, 3.8) is 0 Å². The van der Waals surface area contributed by atoms with Crippen LogP contribution in [0.15, 0.2) is 6.07 Å². The zero-order valence-electron chi connectivity index (χ0n) is 11.2. The van der Waals surface area contributed by atoms with Gasteiger partial charge in [-0.2, -0.15) is 0 Å². The summed E-state index contributed by atoms with van der Waals surface area (Å²) in [6.45, 7) is 7.26. The molecule has 1 aliphatic heterocycles. The lowest BCUT2D eigenvalue weighted by molar-refractivity contribution is 0.170. The van der Waals surface area contributed by atoms with E-state index >= 15 is 0 Å². The first-order valence-electron chi connectivity index (χ1n) is 6.31. The summed E-state index contributed by atoms with van der Waals surface area (Å²) in [5, 5.41) is 0.612. The quantitative estimate of drug-likeness (QED) is 0.918. The summed E-state index contributed by atoms with van der Waals surface area (Å²) in [6, 6.07) is 1.96. The fourth-order valence-electron chi connectivity index (χ4n) is 2.31. The number of rotatable bonds is 3. The van der Waals surface area contributed by atoms with E-state index in [9.17, 15) is 0 Å². The minimum Gasteiger partial charge on any atom is -0.486 e. The lowest BCUT2D eigenvalue weighted by Gasteiger charge is -2.26. The van der Waals surface area contributed by atoms with Crippen LogP contribution in [0.4, 0.5) is 0 Å². The maximum absolute atomic E-state index is 6.26. The third kappa shape index (κ3) is 2.73. The number of hydrogen-bond acceptors (Lipinski definition) is 3. The van der Waals surface area contributed by atoms with Crippen LogP contribution in [0.5, 0.6) is 11.5 Å². The Hall–Kier alpha value is -0.930. The highest BCUT2D eigenvalue weighted by Gasteiger charge is 2.24. The average molecular weight is 270 g/mol. The molecule has 4 heteroatoms. The summed E-state index contributed by atoms with van der Waals surface area (Å²) in [6.07, 6.45) is 1.65. The number of benzene rings is 1. The van der Waals surface area contributed by atoms with Gasteiger partial charge in [-0.15, -0.1) is 0 Å². The molecule has 18 heavy (non-hydrogen) atoms. The van der Waals surface area contributed by atoms with Gasteiger partial charge in [0.1, 0.15) is 13.2 Å². The molecular weight excluding hydrogens is 250 g/mol. The molecule has 0 radical (unpaired) electrons. The lowest BCUT2D eigenvalue weighted by Crippen LogP contribution is -2.35. The van der Waals surface area contributed by atoms with Crippen LogP contribution in [0.25, 0.3) is 0 Å². The van der Waals surface area contributed by atoms with Gasteiger partial charge in [-0.3, -0.25) is 0 Å². The average Bonchev–Trinajstić information content (AvgIpc) is 2.27. The van der Waals surface area contributed by atoms with Crippen LogP contribution in [0, 0.1) is 0 Å². The number of ether oxygens (including phenoxy) is 2. The fourth-order valence-corrected chi connectivity index (χ4v) is 2.58. The van der Waals surface area contributed by atoms with Crippen molar-refractivity contribution in [1.29, 1.82) is 0 Å². The largest absolute Gasteiger partial charge is 0.486 e. The molecule has 0 spiro atoms. The molecule has 0 amide bonds. The van der Waals surface area contributed by atoms with Gasteiger partial charge < -0.3 is 15.2 Å². The predicted octanol–water partition coefficient (Wildman–Crippen LogP) is 2.95. The van der Waals surface area contributed by atoms with Gasteiger partial charge in [0.05, 0.1) is 5.02 Å². The van der Waals surface area contributed by atoms with Crippen molar-refractivity contribution in [1.82, 2.24) is 0 Å². The van der Waals surface area contributed by atoms with E-state index < -0.39 is 0 Å². The molecular formula is C14H20ClNO2. The third-order valence-electron chi connectivity index (χ3n) is 2.96. The van der Waals surface area contributed by atoms with Gasteiger partial charge in [0.15, 0.2) is 11.5 Å². The zero-order valence-corrected chi connectivity index (χ0v) is 11.9. The summed E-state index contributed by atoms with van der Waals surface area (Å²) < 4.78 is 11.3. The second kappa shape index (κ2) is 4.98. The molecule has 1 aromatic rings. The van der Waals surface area contributed by atoms with Gasteiger partial charge in [-0.1, -0.05) is 18.5 Å². The van der Waals surface area contributed by atoms with Crippen LogP contribution in [-0.4, -0.2) is 18.8 Å². The Labute approximate surface area is 113 Å². The molecule has 0 atom stereocenters. The van der Waals surface area contributed by atoms with Crippen LogP contribution >= 0.6 is 11.6 Å². The molecule has 1 heterocycles. The van der Waals surface area contributed by atoms with Gasteiger partial charge in [0, 0.05) is 11.1 Å². The number of halogens is 1. The Morgan fingerprint density at radius 2 is 1.89 bits per heavy atom. The topological polar surface area (TPSA) is 44.5 Å². The predicted molar refractivity (Wildman–Crippen MR) is 73.8 cm³/mol. The molecule has 1 aromatic carbocycles. The smallest absolute Gasteiger partial charge is 0.180 e. The Balaban J connectivity index is 2.50. The van der Waals surface area contributed by atoms with Crippen molar-refractivity contribution in [2.75, 3.05) is 13.2 Å². The van der Waals surface area contributed by atoms with Crippen molar-refractivity contribution in [3.8, 4) is 11.5 Å².